The van der Waals surface area contributed by atoms with Crippen molar-refractivity contribution < 1.29 is 14.5 Å². The number of aryl methyl sites for hydroxylation is 1. The van der Waals surface area contributed by atoms with Crippen molar-refractivity contribution in [1.29, 1.82) is 0 Å². The van der Waals surface area contributed by atoms with Crippen molar-refractivity contribution in [3.05, 3.63) is 33.4 Å². The number of amides is 2. The van der Waals surface area contributed by atoms with Gasteiger partial charge in [0, 0.05) is 32.0 Å². The molecule has 1 aromatic rings. The van der Waals surface area contributed by atoms with Crippen molar-refractivity contribution in [3.63, 3.8) is 0 Å². The lowest BCUT2D eigenvalue weighted by Crippen LogP contribution is -2.51. The van der Waals surface area contributed by atoms with Crippen LogP contribution in [0.15, 0.2) is 12.1 Å². The molecule has 7 heteroatoms. The minimum absolute atomic E-state index is 0.0278. The molecule has 1 unspecified atom stereocenters. The summed E-state index contributed by atoms with van der Waals surface area (Å²) in [7, 11) is 0. The van der Waals surface area contributed by atoms with Crippen LogP contribution in [0.4, 0.5) is 11.4 Å². The molecule has 0 aliphatic carbocycles. The van der Waals surface area contributed by atoms with Crippen LogP contribution in [0.2, 0.25) is 0 Å². The molecule has 1 aliphatic rings. The van der Waals surface area contributed by atoms with Crippen molar-refractivity contribution in [2.24, 2.45) is 0 Å². The van der Waals surface area contributed by atoms with Gasteiger partial charge in [0.2, 0.25) is 11.8 Å². The molecule has 1 aromatic carbocycles. The number of anilines is 1. The zero-order valence-electron chi connectivity index (χ0n) is 15.4. The third-order valence-corrected chi connectivity index (χ3v) is 4.77. The largest absolute Gasteiger partial charge is 0.338 e. The number of carbonyl (C=O) groups excluding carboxylic acids is 2. The first-order chi connectivity index (χ1) is 11.6. The summed E-state index contributed by atoms with van der Waals surface area (Å²) in [6.07, 6.45) is 1.11. The van der Waals surface area contributed by atoms with Gasteiger partial charge in [-0.3, -0.25) is 19.7 Å². The number of nitrogens with zero attached hydrogens (tertiary/aromatic N) is 3. The van der Waals surface area contributed by atoms with Gasteiger partial charge in [0.1, 0.15) is 0 Å². The van der Waals surface area contributed by atoms with E-state index < -0.39 is 0 Å². The summed E-state index contributed by atoms with van der Waals surface area (Å²) in [4.78, 5) is 38.6. The molecular formula is C18H25N3O4. The Kier molecular flexibility index (Phi) is 5.45. The molecule has 0 saturated heterocycles. The topological polar surface area (TPSA) is 83.8 Å². The van der Waals surface area contributed by atoms with Gasteiger partial charge < -0.3 is 9.80 Å². The Morgan fingerprint density at radius 2 is 2.00 bits per heavy atom. The van der Waals surface area contributed by atoms with Gasteiger partial charge in [-0.2, -0.15) is 0 Å². The Morgan fingerprint density at radius 1 is 1.36 bits per heavy atom. The number of hydrogen-bond acceptors (Lipinski definition) is 4. The molecule has 2 amide bonds. The predicted octanol–water partition coefficient (Wildman–Crippen LogP) is 2.83. The van der Waals surface area contributed by atoms with Crippen LogP contribution in [0.3, 0.4) is 0 Å². The third kappa shape index (κ3) is 3.65. The monoisotopic (exact) mass is 347 g/mol. The highest BCUT2D eigenvalue weighted by Crippen LogP contribution is 2.38. The first-order valence-electron chi connectivity index (χ1n) is 8.49. The maximum Gasteiger partial charge on any atom is 0.277 e. The molecule has 0 spiro atoms. The van der Waals surface area contributed by atoms with Gasteiger partial charge in [0.05, 0.1) is 22.2 Å². The van der Waals surface area contributed by atoms with E-state index in [0.717, 1.165) is 0 Å². The van der Waals surface area contributed by atoms with Gasteiger partial charge in [-0.05, 0) is 39.7 Å². The summed E-state index contributed by atoms with van der Waals surface area (Å²) < 4.78 is 0. The molecular weight excluding hydrogens is 322 g/mol. The number of carbonyl (C=O) groups is 2. The summed E-state index contributed by atoms with van der Waals surface area (Å²) in [5.74, 6) is -0.212. The van der Waals surface area contributed by atoms with Gasteiger partial charge in [-0.1, -0.05) is 6.07 Å². The van der Waals surface area contributed by atoms with Gasteiger partial charge in [-0.15, -0.1) is 0 Å². The van der Waals surface area contributed by atoms with Crippen LogP contribution in [-0.2, 0) is 16.0 Å². The van der Waals surface area contributed by atoms with Crippen LogP contribution in [0.25, 0.3) is 0 Å². The van der Waals surface area contributed by atoms with Gasteiger partial charge >= 0.3 is 0 Å². The molecule has 25 heavy (non-hydrogen) atoms. The van der Waals surface area contributed by atoms with Gasteiger partial charge in [-0.25, -0.2) is 0 Å². The Morgan fingerprint density at radius 3 is 2.48 bits per heavy atom. The minimum Gasteiger partial charge on any atom is -0.338 e. The predicted molar refractivity (Wildman–Crippen MR) is 95.6 cm³/mol. The Balaban J connectivity index is 2.46. The minimum atomic E-state index is -0.372. The quantitative estimate of drug-likeness (QED) is 0.619. The van der Waals surface area contributed by atoms with E-state index in [1.54, 1.807) is 28.9 Å². The Bertz CT molecular complexity index is 715. The summed E-state index contributed by atoms with van der Waals surface area (Å²) >= 11 is 0. The molecule has 1 aliphatic heterocycles. The molecule has 1 atom stereocenters. The molecule has 0 N–H and O–H groups in total. The number of benzene rings is 1. The summed E-state index contributed by atoms with van der Waals surface area (Å²) in [6, 6.07) is 3.30. The van der Waals surface area contributed by atoms with Crippen molar-refractivity contribution in [1.82, 2.24) is 4.90 Å². The fourth-order valence-electron chi connectivity index (χ4n) is 3.64. The van der Waals surface area contributed by atoms with Gasteiger partial charge in [0.15, 0.2) is 0 Å². The molecule has 136 valence electrons. The first-order valence-corrected chi connectivity index (χ1v) is 8.49. The molecule has 0 aromatic heterocycles. The van der Waals surface area contributed by atoms with E-state index in [1.807, 2.05) is 13.8 Å². The Labute approximate surface area is 147 Å². The number of fused-ring (bicyclic) bond motifs is 1. The lowest BCUT2D eigenvalue weighted by Gasteiger charge is -2.40. The molecule has 7 nitrogen and oxygen atoms in total. The SMILES string of the molecule is CC(=O)N(CC1CCc2c(ccc(C)c2[N+](=O)[O-])N1C(C)=O)C(C)C. The average molecular weight is 347 g/mol. The highest BCUT2D eigenvalue weighted by atomic mass is 16.6. The summed E-state index contributed by atoms with van der Waals surface area (Å²) in [5.41, 5.74) is 1.89. The zero-order chi connectivity index (χ0) is 18.9. The van der Waals surface area contributed by atoms with Crippen LogP contribution in [0.5, 0.6) is 0 Å². The Hall–Kier alpha value is -2.44. The number of nitro groups is 1. The summed E-state index contributed by atoms with van der Waals surface area (Å²) in [6.45, 7) is 8.98. The van der Waals surface area contributed by atoms with Crippen LogP contribution < -0.4 is 4.90 Å². The van der Waals surface area contributed by atoms with E-state index in [1.165, 1.54) is 13.8 Å². The second kappa shape index (κ2) is 7.21. The van der Waals surface area contributed by atoms with Crippen LogP contribution in [0.1, 0.15) is 45.2 Å². The van der Waals surface area contributed by atoms with Crippen LogP contribution in [0, 0.1) is 17.0 Å². The van der Waals surface area contributed by atoms with Gasteiger partial charge in [0.25, 0.3) is 5.69 Å². The van der Waals surface area contributed by atoms with Crippen molar-refractivity contribution >= 4 is 23.2 Å². The maximum atomic E-state index is 12.3. The van der Waals surface area contributed by atoms with Crippen molar-refractivity contribution in [3.8, 4) is 0 Å². The first kappa shape index (κ1) is 18.9. The number of hydrogen-bond donors (Lipinski definition) is 0. The second-order valence-electron chi connectivity index (χ2n) is 6.83. The van der Waals surface area contributed by atoms with E-state index in [2.05, 4.69) is 0 Å². The summed E-state index contributed by atoms with van der Waals surface area (Å²) in [5, 5.41) is 11.5. The lowest BCUT2D eigenvalue weighted by atomic mass is 9.92. The second-order valence-corrected chi connectivity index (χ2v) is 6.83. The molecule has 1 heterocycles. The van der Waals surface area contributed by atoms with E-state index in [4.69, 9.17) is 0 Å². The van der Waals surface area contributed by atoms with E-state index in [-0.39, 0.29) is 34.5 Å². The fourth-order valence-corrected chi connectivity index (χ4v) is 3.64. The average Bonchev–Trinajstić information content (AvgIpc) is 2.50. The smallest absolute Gasteiger partial charge is 0.277 e. The maximum absolute atomic E-state index is 12.3. The standard InChI is InChI=1S/C18H25N3O4/c1-11(2)19(13(4)22)10-15-7-8-16-17(20(15)14(5)23)9-6-12(3)18(16)21(24)25/h6,9,11,15H,7-8,10H2,1-5H3. The zero-order valence-corrected chi connectivity index (χ0v) is 15.4. The van der Waals surface area contributed by atoms with Crippen LogP contribution in [-0.4, -0.2) is 40.3 Å². The van der Waals surface area contributed by atoms with Crippen molar-refractivity contribution in [2.75, 3.05) is 11.4 Å². The molecule has 2 rings (SSSR count). The molecule has 0 bridgehead atoms. The van der Waals surface area contributed by atoms with E-state index >= 15 is 0 Å². The molecule has 0 saturated carbocycles. The fraction of sp³-hybridized carbons (Fsp3) is 0.556. The number of nitro benzene ring substituents is 1. The highest BCUT2D eigenvalue weighted by molar-refractivity contribution is 5.94. The van der Waals surface area contributed by atoms with E-state index in [9.17, 15) is 19.7 Å². The van der Waals surface area contributed by atoms with Crippen LogP contribution >= 0.6 is 0 Å². The van der Waals surface area contributed by atoms with Crippen molar-refractivity contribution in [2.45, 2.75) is 59.5 Å². The highest BCUT2D eigenvalue weighted by Gasteiger charge is 2.35. The molecule has 0 radical (unpaired) electrons. The normalized spacial score (nSPS) is 16.6. The lowest BCUT2D eigenvalue weighted by molar-refractivity contribution is -0.386. The third-order valence-electron chi connectivity index (χ3n) is 4.77. The number of rotatable bonds is 4. The van der Waals surface area contributed by atoms with E-state index in [0.29, 0.717) is 36.2 Å². The molecule has 0 fully saturated rings.